The highest BCUT2D eigenvalue weighted by Gasteiger charge is 2.30. The molecule has 0 saturated carbocycles. The van der Waals surface area contributed by atoms with Gasteiger partial charge in [0.05, 0.1) is 11.3 Å². The summed E-state index contributed by atoms with van der Waals surface area (Å²) in [6, 6.07) is 13.7. The normalized spacial score (nSPS) is 12.3. The number of nitrogens with one attached hydrogen (secondary N) is 1. The number of para-hydroxylation sites is 1. The Morgan fingerprint density at radius 1 is 1.00 bits per heavy atom. The third-order valence-corrected chi connectivity index (χ3v) is 2.60. The zero-order valence-electron chi connectivity index (χ0n) is 10.4. The molecular weight excluding hydrogens is 267 g/mol. The van der Waals surface area contributed by atoms with Crippen molar-refractivity contribution >= 4 is 11.5 Å². The number of hydrogen-bond acceptors (Lipinski definition) is 2. The molecule has 0 aliphatic heterocycles. The lowest BCUT2D eigenvalue weighted by molar-refractivity contribution is -0.137. The van der Waals surface area contributed by atoms with E-state index in [0.717, 1.165) is 12.1 Å². The highest BCUT2D eigenvalue weighted by molar-refractivity contribution is 6.00. The van der Waals surface area contributed by atoms with Gasteiger partial charge in [-0.1, -0.05) is 30.3 Å². The SMILES string of the molecule is NNC(=Nc1ccccc1)c1cccc(C(F)(F)F)c1. The Bertz CT molecular complexity index is 607. The maximum Gasteiger partial charge on any atom is 0.416 e. The van der Waals surface area contributed by atoms with E-state index in [1.807, 2.05) is 6.07 Å². The van der Waals surface area contributed by atoms with E-state index in [1.54, 1.807) is 24.3 Å². The van der Waals surface area contributed by atoms with Crippen molar-refractivity contribution in [1.29, 1.82) is 0 Å². The lowest BCUT2D eigenvalue weighted by Crippen LogP contribution is -2.31. The minimum absolute atomic E-state index is 0.169. The van der Waals surface area contributed by atoms with Gasteiger partial charge in [-0.2, -0.15) is 13.2 Å². The van der Waals surface area contributed by atoms with Crippen LogP contribution >= 0.6 is 0 Å². The Morgan fingerprint density at radius 3 is 2.30 bits per heavy atom. The van der Waals surface area contributed by atoms with Crippen LogP contribution in [0, 0.1) is 0 Å². The predicted molar refractivity (Wildman–Crippen MR) is 71.4 cm³/mol. The summed E-state index contributed by atoms with van der Waals surface area (Å²) in [4.78, 5) is 4.18. The lowest BCUT2D eigenvalue weighted by atomic mass is 10.1. The van der Waals surface area contributed by atoms with E-state index < -0.39 is 11.7 Å². The maximum absolute atomic E-state index is 12.7. The molecule has 0 spiro atoms. The zero-order valence-corrected chi connectivity index (χ0v) is 10.4. The topological polar surface area (TPSA) is 50.4 Å². The third kappa shape index (κ3) is 3.36. The second-order valence-corrected chi connectivity index (χ2v) is 4.02. The molecule has 0 bridgehead atoms. The lowest BCUT2D eigenvalue weighted by Gasteiger charge is -2.10. The predicted octanol–water partition coefficient (Wildman–Crippen LogP) is 3.25. The highest BCUT2D eigenvalue weighted by atomic mass is 19.4. The number of benzene rings is 2. The fraction of sp³-hybridized carbons (Fsp3) is 0.0714. The van der Waals surface area contributed by atoms with Gasteiger partial charge in [-0.05, 0) is 24.3 Å². The Balaban J connectivity index is 2.40. The summed E-state index contributed by atoms with van der Waals surface area (Å²) < 4.78 is 38.0. The summed E-state index contributed by atoms with van der Waals surface area (Å²) in [5.41, 5.74) is 2.45. The first-order chi connectivity index (χ1) is 9.50. The molecule has 0 amide bonds. The van der Waals surface area contributed by atoms with Crippen LogP contribution in [0.25, 0.3) is 0 Å². The molecule has 0 aliphatic carbocycles. The van der Waals surface area contributed by atoms with Gasteiger partial charge >= 0.3 is 6.18 Å². The molecule has 3 nitrogen and oxygen atoms in total. The second-order valence-electron chi connectivity index (χ2n) is 4.02. The molecule has 0 radical (unpaired) electrons. The summed E-state index contributed by atoms with van der Waals surface area (Å²) in [6.45, 7) is 0. The molecule has 0 unspecified atom stereocenters. The van der Waals surface area contributed by atoms with Crippen LogP contribution in [0.4, 0.5) is 18.9 Å². The Hall–Kier alpha value is -2.34. The largest absolute Gasteiger partial charge is 0.416 e. The van der Waals surface area contributed by atoms with Crippen LogP contribution in [0.1, 0.15) is 11.1 Å². The van der Waals surface area contributed by atoms with Crippen molar-refractivity contribution in [3.63, 3.8) is 0 Å². The Kier molecular flexibility index (Phi) is 4.05. The number of hydrazine groups is 1. The Morgan fingerprint density at radius 2 is 1.70 bits per heavy atom. The van der Waals surface area contributed by atoms with Crippen LogP contribution in [-0.4, -0.2) is 5.84 Å². The molecule has 2 aromatic carbocycles. The Labute approximate surface area is 113 Å². The number of rotatable bonds is 2. The van der Waals surface area contributed by atoms with Gasteiger partial charge in [0.2, 0.25) is 0 Å². The summed E-state index contributed by atoms with van der Waals surface area (Å²) in [6.07, 6.45) is -4.40. The van der Waals surface area contributed by atoms with Crippen LogP contribution in [-0.2, 0) is 6.18 Å². The number of aliphatic imine (C=N–C) groups is 1. The van der Waals surface area contributed by atoms with Crippen LogP contribution < -0.4 is 11.3 Å². The van der Waals surface area contributed by atoms with Crippen LogP contribution in [0.3, 0.4) is 0 Å². The molecule has 20 heavy (non-hydrogen) atoms. The first-order valence-corrected chi connectivity index (χ1v) is 5.78. The number of nitrogens with two attached hydrogens (primary N) is 1. The van der Waals surface area contributed by atoms with Gasteiger partial charge in [0, 0.05) is 5.56 Å². The van der Waals surface area contributed by atoms with Gasteiger partial charge in [0.25, 0.3) is 0 Å². The first-order valence-electron chi connectivity index (χ1n) is 5.78. The monoisotopic (exact) mass is 279 g/mol. The van der Waals surface area contributed by atoms with Crippen molar-refractivity contribution in [2.24, 2.45) is 10.8 Å². The van der Waals surface area contributed by atoms with E-state index in [1.165, 1.54) is 12.1 Å². The first kappa shape index (κ1) is 14.1. The molecule has 6 heteroatoms. The number of amidine groups is 1. The van der Waals surface area contributed by atoms with Crippen molar-refractivity contribution in [3.8, 4) is 0 Å². The summed E-state index contributed by atoms with van der Waals surface area (Å²) in [5, 5.41) is 0. The molecule has 2 rings (SSSR count). The number of hydrogen-bond donors (Lipinski definition) is 2. The second kappa shape index (κ2) is 5.75. The molecule has 0 atom stereocenters. The molecule has 3 N–H and O–H groups in total. The fourth-order valence-corrected chi connectivity index (χ4v) is 1.65. The maximum atomic E-state index is 12.7. The molecule has 0 aliphatic rings. The third-order valence-electron chi connectivity index (χ3n) is 2.60. The van der Waals surface area contributed by atoms with Crippen LogP contribution in [0.5, 0.6) is 0 Å². The smallest absolute Gasteiger partial charge is 0.308 e. The zero-order chi connectivity index (χ0) is 14.6. The molecule has 0 heterocycles. The van der Waals surface area contributed by atoms with Crippen LogP contribution in [0.2, 0.25) is 0 Å². The molecule has 104 valence electrons. The van der Waals surface area contributed by atoms with E-state index in [-0.39, 0.29) is 11.4 Å². The van der Waals surface area contributed by atoms with E-state index in [0.29, 0.717) is 5.69 Å². The van der Waals surface area contributed by atoms with Crippen molar-refractivity contribution < 1.29 is 13.2 Å². The van der Waals surface area contributed by atoms with Gasteiger partial charge in [-0.25, -0.2) is 10.8 Å². The van der Waals surface area contributed by atoms with Gasteiger partial charge in [-0.15, -0.1) is 0 Å². The van der Waals surface area contributed by atoms with E-state index >= 15 is 0 Å². The number of nitrogens with zero attached hydrogens (tertiary/aromatic N) is 1. The quantitative estimate of drug-likeness (QED) is 0.384. The fourth-order valence-electron chi connectivity index (χ4n) is 1.65. The standard InChI is InChI=1S/C14H12F3N3/c15-14(16,17)11-6-4-5-10(9-11)13(20-18)19-12-7-2-1-3-8-12/h1-9H,18H2,(H,19,20). The molecule has 0 aromatic heterocycles. The minimum atomic E-state index is -4.40. The molecule has 0 fully saturated rings. The van der Waals surface area contributed by atoms with E-state index in [4.69, 9.17) is 5.84 Å². The number of halogens is 3. The van der Waals surface area contributed by atoms with Crippen LogP contribution in [0.15, 0.2) is 59.6 Å². The average Bonchev–Trinajstić information content (AvgIpc) is 2.45. The van der Waals surface area contributed by atoms with E-state index in [9.17, 15) is 13.2 Å². The van der Waals surface area contributed by atoms with Gasteiger partial charge in [0.15, 0.2) is 0 Å². The van der Waals surface area contributed by atoms with Gasteiger partial charge in [-0.3, -0.25) is 0 Å². The van der Waals surface area contributed by atoms with Gasteiger partial charge in [0.1, 0.15) is 5.84 Å². The molecule has 0 saturated heterocycles. The van der Waals surface area contributed by atoms with Crippen molar-refractivity contribution in [2.75, 3.05) is 0 Å². The molecule has 2 aromatic rings. The van der Waals surface area contributed by atoms with Crippen molar-refractivity contribution in [1.82, 2.24) is 5.43 Å². The van der Waals surface area contributed by atoms with Gasteiger partial charge < -0.3 is 5.43 Å². The van der Waals surface area contributed by atoms with Crippen molar-refractivity contribution in [2.45, 2.75) is 6.18 Å². The van der Waals surface area contributed by atoms with Crippen molar-refractivity contribution in [3.05, 3.63) is 65.7 Å². The minimum Gasteiger partial charge on any atom is -0.308 e. The van der Waals surface area contributed by atoms with E-state index in [2.05, 4.69) is 10.4 Å². The summed E-state index contributed by atoms with van der Waals surface area (Å²) in [5.74, 6) is 5.52. The summed E-state index contributed by atoms with van der Waals surface area (Å²) >= 11 is 0. The number of alkyl halides is 3. The molecular formula is C14H12F3N3. The average molecular weight is 279 g/mol. The summed E-state index contributed by atoms with van der Waals surface area (Å²) in [7, 11) is 0. The highest BCUT2D eigenvalue weighted by Crippen LogP contribution is 2.29.